The van der Waals surface area contributed by atoms with Crippen molar-refractivity contribution in [2.75, 3.05) is 6.61 Å². The maximum atomic E-state index is 12.5. The van der Waals surface area contributed by atoms with Crippen LogP contribution in [0.2, 0.25) is 0 Å². The molecule has 0 amide bonds. The van der Waals surface area contributed by atoms with Gasteiger partial charge in [-0.05, 0) is 18.2 Å². The molecule has 1 unspecified atom stereocenters. The van der Waals surface area contributed by atoms with E-state index in [1.165, 1.54) is 12.1 Å². The van der Waals surface area contributed by atoms with Crippen molar-refractivity contribution in [3.8, 4) is 0 Å². The van der Waals surface area contributed by atoms with Crippen LogP contribution in [0.4, 0.5) is 13.2 Å². The maximum Gasteiger partial charge on any atom is 0.416 e. The predicted molar refractivity (Wildman–Crippen MR) is 56.9 cm³/mol. The van der Waals surface area contributed by atoms with E-state index in [1.54, 1.807) is 0 Å². The zero-order valence-electron chi connectivity index (χ0n) is 9.07. The standard InChI is InChI=1S/C11H9F3N2O2/c12-11(13,14)8-3-1-2-7(4-8)10-16-15-9(5-17)6-18-10/h1-5,9,15H,6H2. The quantitative estimate of drug-likeness (QED) is 0.819. The first-order valence-electron chi connectivity index (χ1n) is 5.09. The van der Waals surface area contributed by atoms with Crippen LogP contribution in [0.15, 0.2) is 29.4 Å². The molecule has 1 aliphatic rings. The molecule has 1 aromatic rings. The summed E-state index contributed by atoms with van der Waals surface area (Å²) >= 11 is 0. The summed E-state index contributed by atoms with van der Waals surface area (Å²) in [5.74, 6) is 0.0409. The van der Waals surface area contributed by atoms with Gasteiger partial charge in [0.15, 0.2) is 0 Å². The fourth-order valence-corrected chi connectivity index (χ4v) is 1.43. The summed E-state index contributed by atoms with van der Waals surface area (Å²) in [4.78, 5) is 10.4. The van der Waals surface area contributed by atoms with Gasteiger partial charge in [-0.3, -0.25) is 5.43 Å². The van der Waals surface area contributed by atoms with Crippen molar-refractivity contribution in [2.45, 2.75) is 12.2 Å². The molecule has 0 fully saturated rings. The van der Waals surface area contributed by atoms with E-state index in [2.05, 4.69) is 10.5 Å². The highest BCUT2D eigenvalue weighted by molar-refractivity contribution is 5.94. The number of carbonyl (C=O) groups excluding carboxylic acids is 1. The number of carbonyl (C=O) groups is 1. The normalized spacial score (nSPS) is 19.5. The highest BCUT2D eigenvalue weighted by atomic mass is 19.4. The van der Waals surface area contributed by atoms with E-state index < -0.39 is 17.8 Å². The average molecular weight is 258 g/mol. The van der Waals surface area contributed by atoms with Crippen LogP contribution in [0.25, 0.3) is 0 Å². The third-order valence-electron chi connectivity index (χ3n) is 2.33. The molecule has 0 saturated heterocycles. The molecule has 0 aromatic heterocycles. The van der Waals surface area contributed by atoms with Crippen LogP contribution < -0.4 is 5.43 Å². The number of halogens is 3. The lowest BCUT2D eigenvalue weighted by molar-refractivity contribution is -0.137. The lowest BCUT2D eigenvalue weighted by Gasteiger charge is -2.19. The number of aldehydes is 1. The molecule has 1 heterocycles. The first-order chi connectivity index (χ1) is 8.50. The molecule has 4 nitrogen and oxygen atoms in total. The maximum absolute atomic E-state index is 12.5. The lowest BCUT2D eigenvalue weighted by Crippen LogP contribution is -2.38. The van der Waals surface area contributed by atoms with Gasteiger partial charge in [-0.25, -0.2) is 0 Å². The minimum absolute atomic E-state index is 0.0403. The van der Waals surface area contributed by atoms with Gasteiger partial charge in [0.05, 0.1) is 5.56 Å². The van der Waals surface area contributed by atoms with Crippen molar-refractivity contribution in [2.24, 2.45) is 5.10 Å². The molecule has 0 bridgehead atoms. The van der Waals surface area contributed by atoms with E-state index in [0.29, 0.717) is 6.29 Å². The second kappa shape index (κ2) is 4.67. The number of alkyl halides is 3. The van der Waals surface area contributed by atoms with Gasteiger partial charge in [0, 0.05) is 5.56 Å². The van der Waals surface area contributed by atoms with Crippen LogP contribution >= 0.6 is 0 Å². The van der Waals surface area contributed by atoms with Crippen LogP contribution in [0, 0.1) is 0 Å². The Labute approximate surface area is 100 Å². The van der Waals surface area contributed by atoms with E-state index in [1.807, 2.05) is 0 Å². The Kier molecular flexibility index (Phi) is 3.22. The molecule has 7 heteroatoms. The Bertz CT molecular complexity index is 485. The molecular formula is C11H9F3N2O2. The van der Waals surface area contributed by atoms with E-state index in [4.69, 9.17) is 4.74 Å². The summed E-state index contributed by atoms with van der Waals surface area (Å²) in [7, 11) is 0. The number of ether oxygens (including phenoxy) is 1. The summed E-state index contributed by atoms with van der Waals surface area (Å²) in [6.45, 7) is 0.0403. The molecule has 0 radical (unpaired) electrons. The summed E-state index contributed by atoms with van der Waals surface area (Å²) in [5, 5.41) is 3.72. The molecule has 18 heavy (non-hydrogen) atoms. The molecule has 0 spiro atoms. The van der Waals surface area contributed by atoms with Gasteiger partial charge in [-0.2, -0.15) is 13.2 Å². The molecule has 1 N–H and O–H groups in total. The highest BCUT2D eigenvalue weighted by Gasteiger charge is 2.31. The number of hydrogen-bond acceptors (Lipinski definition) is 4. The molecule has 96 valence electrons. The Morgan fingerprint density at radius 2 is 2.22 bits per heavy atom. The Balaban J connectivity index is 2.25. The van der Waals surface area contributed by atoms with Crippen LogP contribution in [-0.4, -0.2) is 24.8 Å². The van der Waals surface area contributed by atoms with Crippen LogP contribution in [0.1, 0.15) is 11.1 Å². The summed E-state index contributed by atoms with van der Waals surface area (Å²) in [5.41, 5.74) is 1.92. The zero-order chi connectivity index (χ0) is 13.2. The number of nitrogens with one attached hydrogen (secondary N) is 1. The van der Waals surface area contributed by atoms with Gasteiger partial charge in [0.1, 0.15) is 18.9 Å². The molecule has 1 aromatic carbocycles. The Morgan fingerprint density at radius 1 is 1.44 bits per heavy atom. The number of hydrazone groups is 1. The minimum Gasteiger partial charge on any atom is -0.474 e. The van der Waals surface area contributed by atoms with Gasteiger partial charge in [-0.15, -0.1) is 5.10 Å². The predicted octanol–water partition coefficient (Wildman–Crippen LogP) is 1.55. The van der Waals surface area contributed by atoms with E-state index in [-0.39, 0.29) is 18.1 Å². The largest absolute Gasteiger partial charge is 0.474 e. The van der Waals surface area contributed by atoms with Gasteiger partial charge in [0.2, 0.25) is 5.90 Å². The number of hydrogen-bond donors (Lipinski definition) is 1. The van der Waals surface area contributed by atoms with Crippen molar-refractivity contribution < 1.29 is 22.7 Å². The first-order valence-corrected chi connectivity index (χ1v) is 5.09. The molecule has 0 aliphatic carbocycles. The second-order valence-corrected chi connectivity index (χ2v) is 3.68. The first kappa shape index (κ1) is 12.4. The SMILES string of the molecule is O=CC1COC(c2cccc(C(F)(F)F)c2)=NN1. The molecule has 2 rings (SSSR count). The Morgan fingerprint density at radius 3 is 2.78 bits per heavy atom. The highest BCUT2D eigenvalue weighted by Crippen LogP contribution is 2.29. The fraction of sp³-hybridized carbons (Fsp3) is 0.273. The topological polar surface area (TPSA) is 50.7 Å². The lowest BCUT2D eigenvalue weighted by atomic mass is 10.1. The third-order valence-corrected chi connectivity index (χ3v) is 2.33. The van der Waals surface area contributed by atoms with Crippen LogP contribution in [-0.2, 0) is 15.7 Å². The van der Waals surface area contributed by atoms with Crippen LogP contribution in [0.3, 0.4) is 0 Å². The number of nitrogens with zero attached hydrogens (tertiary/aromatic N) is 1. The monoisotopic (exact) mass is 258 g/mol. The van der Waals surface area contributed by atoms with Crippen molar-refractivity contribution in [3.05, 3.63) is 35.4 Å². The molecule has 0 saturated carbocycles. The molecule has 1 atom stereocenters. The van der Waals surface area contributed by atoms with Crippen molar-refractivity contribution >= 4 is 12.2 Å². The van der Waals surface area contributed by atoms with E-state index >= 15 is 0 Å². The number of rotatable bonds is 2. The van der Waals surface area contributed by atoms with E-state index in [9.17, 15) is 18.0 Å². The van der Waals surface area contributed by atoms with Crippen LogP contribution in [0.5, 0.6) is 0 Å². The van der Waals surface area contributed by atoms with E-state index in [0.717, 1.165) is 12.1 Å². The smallest absolute Gasteiger partial charge is 0.416 e. The van der Waals surface area contributed by atoms with Gasteiger partial charge >= 0.3 is 6.18 Å². The molecular weight excluding hydrogens is 249 g/mol. The van der Waals surface area contributed by atoms with Crippen molar-refractivity contribution in [1.29, 1.82) is 0 Å². The molecule has 1 aliphatic heterocycles. The van der Waals surface area contributed by atoms with Crippen molar-refractivity contribution in [3.63, 3.8) is 0 Å². The van der Waals surface area contributed by atoms with Gasteiger partial charge in [-0.1, -0.05) is 6.07 Å². The summed E-state index contributed by atoms with van der Waals surface area (Å²) in [6.07, 6.45) is -3.80. The average Bonchev–Trinajstić information content (AvgIpc) is 2.38. The fourth-order valence-electron chi connectivity index (χ4n) is 1.43. The summed E-state index contributed by atoms with van der Waals surface area (Å²) in [6, 6.07) is 4.07. The second-order valence-electron chi connectivity index (χ2n) is 3.68. The van der Waals surface area contributed by atoms with Gasteiger partial charge in [0.25, 0.3) is 0 Å². The van der Waals surface area contributed by atoms with Gasteiger partial charge < -0.3 is 9.53 Å². The zero-order valence-corrected chi connectivity index (χ0v) is 9.07. The van der Waals surface area contributed by atoms with Crippen molar-refractivity contribution in [1.82, 2.24) is 5.43 Å². The Hall–Kier alpha value is -2.05. The third kappa shape index (κ3) is 2.61. The number of benzene rings is 1. The minimum atomic E-state index is -4.41. The summed E-state index contributed by atoms with van der Waals surface area (Å²) < 4.78 is 42.7.